The zero-order valence-corrected chi connectivity index (χ0v) is 17.7. The van der Waals surface area contributed by atoms with Crippen LogP contribution in [-0.2, 0) is 22.5 Å². The Balaban J connectivity index is 1.54. The van der Waals surface area contributed by atoms with Gasteiger partial charge in [-0.3, -0.25) is 14.5 Å². The van der Waals surface area contributed by atoms with Gasteiger partial charge in [0.1, 0.15) is 0 Å². The fourth-order valence-electron chi connectivity index (χ4n) is 3.98. The Morgan fingerprint density at radius 2 is 2.10 bits per heavy atom. The molecule has 3 aromatic rings. The fourth-order valence-corrected chi connectivity index (χ4v) is 4.58. The number of nitrogens with zero attached hydrogens (tertiary/aromatic N) is 4. The van der Waals surface area contributed by atoms with Crippen molar-refractivity contribution in [2.75, 3.05) is 19.8 Å². The summed E-state index contributed by atoms with van der Waals surface area (Å²) in [5.74, 6) is 0.168. The number of benzene rings is 1. The van der Waals surface area contributed by atoms with E-state index >= 15 is 0 Å². The van der Waals surface area contributed by atoms with Gasteiger partial charge in [0, 0.05) is 35.3 Å². The molecule has 0 saturated carbocycles. The highest BCUT2D eigenvalue weighted by atomic mass is 32.1. The van der Waals surface area contributed by atoms with Gasteiger partial charge in [0.25, 0.3) is 0 Å². The highest BCUT2D eigenvalue weighted by molar-refractivity contribution is 7.09. The van der Waals surface area contributed by atoms with Crippen molar-refractivity contribution in [1.82, 2.24) is 19.7 Å². The molecule has 0 bridgehead atoms. The molecule has 7 heteroatoms. The number of carbonyl (C=O) groups is 1. The lowest BCUT2D eigenvalue weighted by atomic mass is 10.0. The molecule has 4 rings (SSSR count). The lowest BCUT2D eigenvalue weighted by Gasteiger charge is -2.36. The van der Waals surface area contributed by atoms with Crippen molar-refractivity contribution in [1.29, 1.82) is 0 Å². The van der Waals surface area contributed by atoms with Crippen molar-refractivity contribution in [3.05, 3.63) is 69.4 Å². The molecule has 1 amide bonds. The first-order valence-electron chi connectivity index (χ1n) is 9.96. The predicted octanol–water partition coefficient (Wildman–Crippen LogP) is 3.54. The maximum absolute atomic E-state index is 13.0. The van der Waals surface area contributed by atoms with Crippen LogP contribution < -0.4 is 0 Å². The van der Waals surface area contributed by atoms with Gasteiger partial charge in [0.05, 0.1) is 37.0 Å². The Bertz CT molecular complexity index is 953. The van der Waals surface area contributed by atoms with Gasteiger partial charge in [0.2, 0.25) is 5.91 Å². The Labute approximate surface area is 175 Å². The van der Waals surface area contributed by atoms with Crippen LogP contribution in [0.2, 0.25) is 0 Å². The van der Waals surface area contributed by atoms with Crippen LogP contribution >= 0.6 is 11.3 Å². The molecule has 152 valence electrons. The summed E-state index contributed by atoms with van der Waals surface area (Å²) >= 11 is 1.60. The van der Waals surface area contributed by atoms with Crippen LogP contribution in [0.25, 0.3) is 0 Å². The number of carbonyl (C=O) groups excluding carboxylic acids is 1. The Morgan fingerprint density at radius 3 is 2.86 bits per heavy atom. The summed E-state index contributed by atoms with van der Waals surface area (Å²) in [5, 5.41) is 4.78. The summed E-state index contributed by atoms with van der Waals surface area (Å²) in [7, 11) is 0. The maximum Gasteiger partial charge on any atom is 0.223 e. The fraction of sp³-hybridized carbons (Fsp3) is 0.409. The molecule has 1 aliphatic rings. The molecule has 0 radical (unpaired) electrons. The number of aromatic nitrogens is 3. The topological polar surface area (TPSA) is 60.2 Å². The van der Waals surface area contributed by atoms with Gasteiger partial charge >= 0.3 is 0 Å². The first kappa shape index (κ1) is 19.8. The number of hydrogen-bond acceptors (Lipinski definition) is 5. The Morgan fingerprint density at radius 1 is 1.28 bits per heavy atom. The quantitative estimate of drug-likeness (QED) is 0.624. The smallest absolute Gasteiger partial charge is 0.223 e. The summed E-state index contributed by atoms with van der Waals surface area (Å²) in [6.07, 6.45) is 3.07. The first-order valence-corrected chi connectivity index (χ1v) is 10.8. The molecule has 0 aliphatic carbocycles. The summed E-state index contributed by atoms with van der Waals surface area (Å²) < 4.78 is 7.80. The van der Waals surface area contributed by atoms with Crippen LogP contribution in [0.3, 0.4) is 0 Å². The number of thiazole rings is 1. The minimum Gasteiger partial charge on any atom is -0.377 e. The standard InChI is InChI=1S/C22H26N4O2S/c1-16-22(17(2)26(24-16)13-18-6-4-3-5-7-18)20-14-28-11-10-25(20)21(27)9-8-19-12-23-15-29-19/h3-7,12,15,20H,8-11,13-14H2,1-2H3. The van der Waals surface area contributed by atoms with E-state index in [2.05, 4.69) is 24.0 Å². The molecular weight excluding hydrogens is 384 g/mol. The largest absolute Gasteiger partial charge is 0.377 e. The van der Waals surface area contributed by atoms with Crippen LogP contribution in [0.1, 0.15) is 39.9 Å². The summed E-state index contributed by atoms with van der Waals surface area (Å²) in [6.45, 7) is 6.56. The molecule has 1 aliphatic heterocycles. The van der Waals surface area contributed by atoms with Crippen LogP contribution in [0.15, 0.2) is 42.0 Å². The van der Waals surface area contributed by atoms with Gasteiger partial charge in [-0.1, -0.05) is 30.3 Å². The van der Waals surface area contributed by atoms with Crippen LogP contribution in [0.5, 0.6) is 0 Å². The van der Waals surface area contributed by atoms with Crippen molar-refractivity contribution in [3.8, 4) is 0 Å². The number of rotatable bonds is 6. The van der Waals surface area contributed by atoms with E-state index in [9.17, 15) is 4.79 Å². The van der Waals surface area contributed by atoms with Crippen molar-refractivity contribution >= 4 is 17.2 Å². The second kappa shape index (κ2) is 8.88. The highest BCUT2D eigenvalue weighted by Gasteiger charge is 2.32. The maximum atomic E-state index is 13.0. The molecule has 6 nitrogen and oxygen atoms in total. The van der Waals surface area contributed by atoms with E-state index in [1.54, 1.807) is 11.3 Å². The first-order chi connectivity index (χ1) is 14.1. The number of aryl methyl sites for hydroxylation is 2. The minimum absolute atomic E-state index is 0.0813. The molecule has 1 unspecified atom stereocenters. The summed E-state index contributed by atoms with van der Waals surface area (Å²) in [4.78, 5) is 20.2. The normalized spacial score (nSPS) is 16.9. The third-order valence-corrected chi connectivity index (χ3v) is 6.30. The molecule has 3 heterocycles. The van der Waals surface area contributed by atoms with Gasteiger partial charge in [-0.25, -0.2) is 0 Å². The third-order valence-electron chi connectivity index (χ3n) is 5.46. The number of amides is 1. The molecule has 29 heavy (non-hydrogen) atoms. The molecule has 1 saturated heterocycles. The van der Waals surface area contributed by atoms with E-state index in [1.165, 1.54) is 5.56 Å². The second-order valence-electron chi connectivity index (χ2n) is 7.37. The Hall–Kier alpha value is -2.51. The predicted molar refractivity (Wildman–Crippen MR) is 113 cm³/mol. The van der Waals surface area contributed by atoms with E-state index in [0.717, 1.165) is 34.8 Å². The van der Waals surface area contributed by atoms with Crippen molar-refractivity contribution in [3.63, 3.8) is 0 Å². The summed E-state index contributed by atoms with van der Waals surface area (Å²) in [6, 6.07) is 10.2. The highest BCUT2D eigenvalue weighted by Crippen LogP contribution is 2.30. The van der Waals surface area contributed by atoms with Crippen molar-refractivity contribution < 1.29 is 9.53 Å². The van der Waals surface area contributed by atoms with Gasteiger partial charge in [-0.05, 0) is 25.8 Å². The number of hydrogen-bond donors (Lipinski definition) is 0. The second-order valence-corrected chi connectivity index (χ2v) is 8.34. The molecule has 0 N–H and O–H groups in total. The minimum atomic E-state index is -0.0813. The lowest BCUT2D eigenvalue weighted by Crippen LogP contribution is -2.43. The van der Waals surface area contributed by atoms with Crippen LogP contribution in [0.4, 0.5) is 0 Å². The zero-order chi connectivity index (χ0) is 20.2. The average molecular weight is 411 g/mol. The molecule has 1 fully saturated rings. The van der Waals surface area contributed by atoms with Gasteiger partial charge in [0.15, 0.2) is 0 Å². The van der Waals surface area contributed by atoms with Crippen LogP contribution in [0, 0.1) is 13.8 Å². The third kappa shape index (κ3) is 4.41. The van der Waals surface area contributed by atoms with E-state index in [0.29, 0.717) is 26.2 Å². The molecule has 0 spiro atoms. The molecular formula is C22H26N4O2S. The van der Waals surface area contributed by atoms with Gasteiger partial charge in [-0.2, -0.15) is 5.10 Å². The molecule has 1 aromatic carbocycles. The lowest BCUT2D eigenvalue weighted by molar-refractivity contribution is -0.140. The van der Waals surface area contributed by atoms with Crippen LogP contribution in [-0.4, -0.2) is 45.3 Å². The van der Waals surface area contributed by atoms with E-state index in [4.69, 9.17) is 9.84 Å². The average Bonchev–Trinajstić information content (AvgIpc) is 3.35. The Kier molecular flexibility index (Phi) is 6.06. The van der Waals surface area contributed by atoms with Gasteiger partial charge < -0.3 is 9.64 Å². The van der Waals surface area contributed by atoms with E-state index in [1.807, 2.05) is 46.4 Å². The van der Waals surface area contributed by atoms with Gasteiger partial charge in [-0.15, -0.1) is 11.3 Å². The molecule has 1 atom stereocenters. The SMILES string of the molecule is Cc1nn(Cc2ccccc2)c(C)c1C1COCCN1C(=O)CCc1cncs1. The summed E-state index contributed by atoms with van der Waals surface area (Å²) in [5.41, 5.74) is 6.20. The van der Waals surface area contributed by atoms with Crippen molar-refractivity contribution in [2.45, 2.75) is 39.3 Å². The molecule has 2 aromatic heterocycles. The van der Waals surface area contributed by atoms with E-state index < -0.39 is 0 Å². The number of morpholine rings is 1. The number of ether oxygens (including phenoxy) is 1. The monoisotopic (exact) mass is 410 g/mol. The van der Waals surface area contributed by atoms with E-state index in [-0.39, 0.29) is 11.9 Å². The zero-order valence-electron chi connectivity index (χ0n) is 16.9. The van der Waals surface area contributed by atoms with Crippen molar-refractivity contribution in [2.24, 2.45) is 0 Å².